The van der Waals surface area contributed by atoms with Crippen molar-refractivity contribution in [3.05, 3.63) is 29.8 Å². The number of ether oxygens (including phenoxy) is 1. The Balaban J connectivity index is 1.60. The van der Waals surface area contributed by atoms with Crippen LogP contribution < -0.4 is 10.1 Å². The second kappa shape index (κ2) is 8.76. The molecule has 0 unspecified atom stereocenters. The summed E-state index contributed by atoms with van der Waals surface area (Å²) in [5, 5.41) is 3.26. The highest BCUT2D eigenvalue weighted by Gasteiger charge is 2.16. The summed E-state index contributed by atoms with van der Waals surface area (Å²) >= 11 is 0. The molecule has 0 atom stereocenters. The zero-order valence-electron chi connectivity index (χ0n) is 13.7. The number of aryl methyl sites for hydroxylation is 1. The summed E-state index contributed by atoms with van der Waals surface area (Å²) in [5.41, 5.74) is 1.23. The van der Waals surface area contributed by atoms with Gasteiger partial charge < -0.3 is 19.9 Å². The Bertz CT molecular complexity index is 455. The number of carbonyl (C=O) groups is 1. The predicted octanol–water partition coefficient (Wildman–Crippen LogP) is 1.13. The third-order valence-electron chi connectivity index (χ3n) is 3.94. The third kappa shape index (κ3) is 5.66. The Morgan fingerprint density at radius 1 is 1.23 bits per heavy atom. The molecule has 1 aromatic carbocycles. The number of piperazine rings is 1. The molecule has 1 aliphatic heterocycles. The number of hydrogen-bond donors (Lipinski definition) is 1. The number of benzene rings is 1. The summed E-state index contributed by atoms with van der Waals surface area (Å²) in [7, 11) is 2.03. The molecule has 0 spiro atoms. The van der Waals surface area contributed by atoms with Crippen molar-refractivity contribution < 1.29 is 9.53 Å². The maximum atomic E-state index is 12.1. The number of nitrogens with one attached hydrogen (secondary N) is 1. The van der Waals surface area contributed by atoms with Crippen LogP contribution in [0.2, 0.25) is 0 Å². The van der Waals surface area contributed by atoms with Crippen LogP contribution in [0.15, 0.2) is 24.3 Å². The molecule has 1 amide bonds. The summed E-state index contributed by atoms with van der Waals surface area (Å²) in [4.78, 5) is 16.2. The Morgan fingerprint density at radius 3 is 2.59 bits per heavy atom. The molecule has 0 aromatic heterocycles. The fraction of sp³-hybridized carbons (Fsp3) is 0.588. The average Bonchev–Trinajstić information content (AvgIpc) is 2.55. The first-order valence-electron chi connectivity index (χ1n) is 8.01. The lowest BCUT2D eigenvalue weighted by Gasteiger charge is -2.28. The van der Waals surface area contributed by atoms with E-state index < -0.39 is 0 Å². The zero-order chi connectivity index (χ0) is 15.8. The van der Waals surface area contributed by atoms with Gasteiger partial charge in [0.25, 0.3) is 0 Å². The van der Waals surface area contributed by atoms with E-state index in [1.54, 1.807) is 0 Å². The first-order chi connectivity index (χ1) is 10.6. The molecule has 1 aliphatic rings. The topological polar surface area (TPSA) is 44.8 Å². The number of nitrogens with zero attached hydrogens (tertiary/aromatic N) is 2. The maximum absolute atomic E-state index is 12.1. The molecule has 2 rings (SSSR count). The molecule has 0 radical (unpaired) electrons. The highest BCUT2D eigenvalue weighted by molar-refractivity contribution is 5.76. The van der Waals surface area contributed by atoms with E-state index in [1.165, 1.54) is 5.56 Å². The first-order valence-corrected chi connectivity index (χ1v) is 8.01. The summed E-state index contributed by atoms with van der Waals surface area (Å²) in [6.45, 7) is 7.78. The number of likely N-dealkylation sites (N-methyl/N-ethyl adjacent to an activating group) is 1. The molecular weight excluding hydrogens is 278 g/mol. The van der Waals surface area contributed by atoms with Crippen molar-refractivity contribution >= 4 is 5.91 Å². The van der Waals surface area contributed by atoms with E-state index in [-0.39, 0.29) is 5.91 Å². The fourth-order valence-corrected chi connectivity index (χ4v) is 2.42. The van der Waals surface area contributed by atoms with E-state index in [0.717, 1.165) is 45.0 Å². The minimum atomic E-state index is 0.257. The minimum absolute atomic E-state index is 0.257. The molecule has 1 aromatic rings. The molecule has 0 aliphatic carbocycles. The van der Waals surface area contributed by atoms with E-state index in [4.69, 9.17) is 4.74 Å². The van der Waals surface area contributed by atoms with Gasteiger partial charge in [0.05, 0.1) is 0 Å². The second-order valence-electron chi connectivity index (χ2n) is 5.85. The van der Waals surface area contributed by atoms with Gasteiger partial charge in [-0.25, -0.2) is 0 Å². The summed E-state index contributed by atoms with van der Waals surface area (Å²) in [5.74, 6) is 1.16. The van der Waals surface area contributed by atoms with Crippen LogP contribution >= 0.6 is 0 Å². The maximum Gasteiger partial charge on any atom is 0.223 e. The van der Waals surface area contributed by atoms with Crippen molar-refractivity contribution in [2.45, 2.75) is 13.3 Å². The van der Waals surface area contributed by atoms with E-state index >= 15 is 0 Å². The van der Waals surface area contributed by atoms with Gasteiger partial charge in [-0.2, -0.15) is 0 Å². The monoisotopic (exact) mass is 305 g/mol. The smallest absolute Gasteiger partial charge is 0.223 e. The van der Waals surface area contributed by atoms with Crippen molar-refractivity contribution in [2.75, 3.05) is 52.9 Å². The van der Waals surface area contributed by atoms with Crippen LogP contribution in [-0.4, -0.2) is 68.6 Å². The molecule has 1 fully saturated rings. The molecule has 1 N–H and O–H groups in total. The summed E-state index contributed by atoms with van der Waals surface area (Å²) in [6.07, 6.45) is 0.584. The molecule has 122 valence electrons. The van der Waals surface area contributed by atoms with Crippen molar-refractivity contribution in [3.63, 3.8) is 0 Å². The van der Waals surface area contributed by atoms with Crippen LogP contribution in [-0.2, 0) is 4.79 Å². The minimum Gasteiger partial charge on any atom is -0.492 e. The summed E-state index contributed by atoms with van der Waals surface area (Å²) in [6, 6.07) is 8.07. The highest BCUT2D eigenvalue weighted by Crippen LogP contribution is 2.11. The van der Waals surface area contributed by atoms with Crippen LogP contribution in [0.5, 0.6) is 5.75 Å². The standard InChI is InChI=1S/C17H27N3O2/c1-15-3-5-16(6-4-15)22-14-13-19(2)10-7-17(21)20-11-8-18-9-12-20/h3-6,18H,7-14H2,1-2H3. The largest absolute Gasteiger partial charge is 0.492 e. The quantitative estimate of drug-likeness (QED) is 0.820. The summed E-state index contributed by atoms with van der Waals surface area (Å²) < 4.78 is 5.71. The Morgan fingerprint density at radius 2 is 1.91 bits per heavy atom. The van der Waals surface area contributed by atoms with Crippen LogP contribution in [0.4, 0.5) is 0 Å². The number of hydrogen-bond acceptors (Lipinski definition) is 4. The van der Waals surface area contributed by atoms with Crippen LogP contribution in [0.1, 0.15) is 12.0 Å². The lowest BCUT2D eigenvalue weighted by Crippen LogP contribution is -2.47. The van der Waals surface area contributed by atoms with Gasteiger partial charge in [-0.05, 0) is 26.1 Å². The van der Waals surface area contributed by atoms with Crippen molar-refractivity contribution in [3.8, 4) is 5.75 Å². The van der Waals surface area contributed by atoms with E-state index in [0.29, 0.717) is 13.0 Å². The molecule has 0 bridgehead atoms. The normalized spacial score (nSPS) is 15.1. The lowest BCUT2D eigenvalue weighted by molar-refractivity contribution is -0.132. The van der Waals surface area contributed by atoms with Crippen LogP contribution in [0.3, 0.4) is 0 Å². The third-order valence-corrected chi connectivity index (χ3v) is 3.94. The van der Waals surface area contributed by atoms with E-state index in [1.807, 2.05) is 36.2 Å². The van der Waals surface area contributed by atoms with Gasteiger partial charge in [0.15, 0.2) is 0 Å². The first kappa shape index (κ1) is 16.8. The van der Waals surface area contributed by atoms with Gasteiger partial charge in [0, 0.05) is 45.7 Å². The number of amides is 1. The Labute approximate surface area is 133 Å². The SMILES string of the molecule is Cc1ccc(OCCN(C)CCC(=O)N2CCNCC2)cc1. The average molecular weight is 305 g/mol. The van der Waals surface area contributed by atoms with Crippen LogP contribution in [0, 0.1) is 6.92 Å². The number of rotatable bonds is 7. The molecule has 5 heteroatoms. The van der Waals surface area contributed by atoms with Gasteiger partial charge in [-0.15, -0.1) is 0 Å². The van der Waals surface area contributed by atoms with E-state index in [2.05, 4.69) is 17.1 Å². The molecule has 1 saturated heterocycles. The predicted molar refractivity (Wildman–Crippen MR) is 88.2 cm³/mol. The van der Waals surface area contributed by atoms with Gasteiger partial charge in [-0.1, -0.05) is 17.7 Å². The van der Waals surface area contributed by atoms with Gasteiger partial charge in [-0.3, -0.25) is 4.79 Å². The lowest BCUT2D eigenvalue weighted by atomic mass is 10.2. The fourth-order valence-electron chi connectivity index (χ4n) is 2.42. The highest BCUT2D eigenvalue weighted by atomic mass is 16.5. The Kier molecular flexibility index (Phi) is 6.68. The van der Waals surface area contributed by atoms with Crippen LogP contribution in [0.25, 0.3) is 0 Å². The number of carbonyl (C=O) groups excluding carboxylic acids is 1. The van der Waals surface area contributed by atoms with Crippen molar-refractivity contribution in [1.82, 2.24) is 15.1 Å². The van der Waals surface area contributed by atoms with Gasteiger partial charge in [0.1, 0.15) is 12.4 Å². The molecular formula is C17H27N3O2. The molecule has 0 saturated carbocycles. The van der Waals surface area contributed by atoms with Gasteiger partial charge in [0.2, 0.25) is 5.91 Å². The molecule has 5 nitrogen and oxygen atoms in total. The van der Waals surface area contributed by atoms with Crippen molar-refractivity contribution in [1.29, 1.82) is 0 Å². The second-order valence-corrected chi connectivity index (χ2v) is 5.85. The Hall–Kier alpha value is -1.59. The molecule has 1 heterocycles. The molecule has 22 heavy (non-hydrogen) atoms. The van der Waals surface area contributed by atoms with Crippen molar-refractivity contribution in [2.24, 2.45) is 0 Å². The van der Waals surface area contributed by atoms with E-state index in [9.17, 15) is 4.79 Å². The zero-order valence-corrected chi connectivity index (χ0v) is 13.7. The van der Waals surface area contributed by atoms with Gasteiger partial charge >= 0.3 is 0 Å².